The highest BCUT2D eigenvalue weighted by Crippen LogP contribution is 2.31. The van der Waals surface area contributed by atoms with Crippen molar-refractivity contribution in [3.05, 3.63) is 36.5 Å². The van der Waals surface area contributed by atoms with Gasteiger partial charge in [-0.3, -0.25) is 4.79 Å². The van der Waals surface area contributed by atoms with Crippen molar-refractivity contribution in [2.75, 3.05) is 19.5 Å². The normalized spacial score (nSPS) is 11.4. The lowest BCUT2D eigenvalue weighted by molar-refractivity contribution is -0.123. The maximum atomic E-state index is 12.4. The molecule has 0 aliphatic heterocycles. The molecule has 0 spiro atoms. The Balaban J connectivity index is 2.00. The van der Waals surface area contributed by atoms with E-state index in [2.05, 4.69) is 15.4 Å². The van der Waals surface area contributed by atoms with Crippen molar-refractivity contribution in [1.29, 1.82) is 0 Å². The number of rotatable bonds is 4. The number of imidazole rings is 1. The first-order chi connectivity index (χ1) is 12.3. The molecule has 3 aromatic rings. The first kappa shape index (κ1) is 17.7. The van der Waals surface area contributed by atoms with Crippen molar-refractivity contribution in [1.82, 2.24) is 14.6 Å². The highest BCUT2D eigenvalue weighted by atomic mass is 16.5. The standard InChI is InChI=1S/C19H22N4O3/c1-19(2,3)18(24)21-13-10-12(6-7-15(13)25-4)14-11-23-16(20-14)8-9-17(22-23)26-5/h6-11H,1-5H3,(H,21,24). The summed E-state index contributed by atoms with van der Waals surface area (Å²) in [4.78, 5) is 16.9. The third kappa shape index (κ3) is 3.46. The molecular weight excluding hydrogens is 332 g/mol. The van der Waals surface area contributed by atoms with Gasteiger partial charge in [0, 0.05) is 17.0 Å². The fourth-order valence-electron chi connectivity index (χ4n) is 2.39. The number of aromatic nitrogens is 3. The van der Waals surface area contributed by atoms with E-state index in [0.29, 0.717) is 23.0 Å². The number of carbonyl (C=O) groups is 1. The van der Waals surface area contributed by atoms with Gasteiger partial charge in [0.25, 0.3) is 0 Å². The Labute approximate surface area is 152 Å². The van der Waals surface area contributed by atoms with Gasteiger partial charge in [0.2, 0.25) is 11.8 Å². The first-order valence-electron chi connectivity index (χ1n) is 8.22. The Hall–Kier alpha value is -3.09. The Morgan fingerprint density at radius 1 is 1.12 bits per heavy atom. The molecule has 2 aromatic heterocycles. The minimum absolute atomic E-state index is 0.0886. The number of fused-ring (bicyclic) bond motifs is 1. The van der Waals surface area contributed by atoms with Crippen LogP contribution in [0.15, 0.2) is 36.5 Å². The van der Waals surface area contributed by atoms with Crippen LogP contribution in [-0.2, 0) is 4.79 Å². The molecule has 0 aliphatic rings. The Morgan fingerprint density at radius 2 is 1.88 bits per heavy atom. The molecule has 136 valence electrons. The van der Waals surface area contributed by atoms with E-state index in [1.165, 1.54) is 0 Å². The highest BCUT2D eigenvalue weighted by molar-refractivity contribution is 5.96. The van der Waals surface area contributed by atoms with Crippen molar-refractivity contribution >= 4 is 17.2 Å². The molecule has 0 radical (unpaired) electrons. The van der Waals surface area contributed by atoms with E-state index >= 15 is 0 Å². The van der Waals surface area contributed by atoms with Crippen LogP contribution in [0, 0.1) is 5.41 Å². The molecular formula is C19H22N4O3. The molecule has 0 saturated carbocycles. The summed E-state index contributed by atoms with van der Waals surface area (Å²) < 4.78 is 12.2. The number of anilines is 1. The summed E-state index contributed by atoms with van der Waals surface area (Å²) in [5.41, 5.74) is 2.38. The minimum Gasteiger partial charge on any atom is -0.495 e. The predicted molar refractivity (Wildman–Crippen MR) is 99.6 cm³/mol. The molecule has 1 N–H and O–H groups in total. The van der Waals surface area contributed by atoms with Crippen LogP contribution in [0.25, 0.3) is 16.9 Å². The maximum absolute atomic E-state index is 12.4. The van der Waals surface area contributed by atoms with Crippen LogP contribution in [0.5, 0.6) is 11.6 Å². The van der Waals surface area contributed by atoms with E-state index in [9.17, 15) is 4.79 Å². The second-order valence-electron chi connectivity index (χ2n) is 6.92. The van der Waals surface area contributed by atoms with Crippen LogP contribution in [0.4, 0.5) is 5.69 Å². The fourth-order valence-corrected chi connectivity index (χ4v) is 2.39. The Morgan fingerprint density at radius 3 is 2.54 bits per heavy atom. The monoisotopic (exact) mass is 354 g/mol. The van der Waals surface area contributed by atoms with Gasteiger partial charge in [0.05, 0.1) is 31.8 Å². The topological polar surface area (TPSA) is 77.8 Å². The van der Waals surface area contributed by atoms with Gasteiger partial charge < -0.3 is 14.8 Å². The molecule has 1 aromatic carbocycles. The predicted octanol–water partition coefficient (Wildman–Crippen LogP) is 3.40. The van der Waals surface area contributed by atoms with Crippen molar-refractivity contribution in [3.63, 3.8) is 0 Å². The number of ether oxygens (including phenoxy) is 2. The summed E-state index contributed by atoms with van der Waals surface area (Å²) in [5, 5.41) is 7.24. The molecule has 2 heterocycles. The summed E-state index contributed by atoms with van der Waals surface area (Å²) >= 11 is 0. The Kier molecular flexibility index (Phi) is 4.54. The van der Waals surface area contributed by atoms with Crippen LogP contribution in [0.3, 0.4) is 0 Å². The Bertz CT molecular complexity index is 957. The lowest BCUT2D eigenvalue weighted by Gasteiger charge is -2.19. The first-order valence-corrected chi connectivity index (χ1v) is 8.22. The number of carbonyl (C=O) groups excluding carboxylic acids is 1. The number of hydrogen-bond acceptors (Lipinski definition) is 5. The van der Waals surface area contributed by atoms with Gasteiger partial charge in [-0.2, -0.15) is 0 Å². The van der Waals surface area contributed by atoms with Crippen molar-refractivity contribution in [2.24, 2.45) is 5.41 Å². The second kappa shape index (κ2) is 6.67. The van der Waals surface area contributed by atoms with Crippen molar-refractivity contribution in [3.8, 4) is 22.9 Å². The van der Waals surface area contributed by atoms with Crippen LogP contribution < -0.4 is 14.8 Å². The van der Waals surface area contributed by atoms with E-state index < -0.39 is 5.41 Å². The molecule has 7 nitrogen and oxygen atoms in total. The van der Waals surface area contributed by atoms with Crippen LogP contribution in [0.2, 0.25) is 0 Å². The largest absolute Gasteiger partial charge is 0.495 e. The third-order valence-corrected chi connectivity index (χ3v) is 3.93. The zero-order valence-electron chi connectivity index (χ0n) is 15.5. The average molecular weight is 354 g/mol. The zero-order valence-corrected chi connectivity index (χ0v) is 15.5. The summed E-state index contributed by atoms with van der Waals surface area (Å²) in [6.45, 7) is 5.58. The van der Waals surface area contributed by atoms with Gasteiger partial charge >= 0.3 is 0 Å². The molecule has 0 atom stereocenters. The number of nitrogens with zero attached hydrogens (tertiary/aromatic N) is 3. The summed E-state index contributed by atoms with van der Waals surface area (Å²) in [7, 11) is 3.14. The van der Waals surface area contributed by atoms with Gasteiger partial charge in [-0.15, -0.1) is 5.10 Å². The van der Waals surface area contributed by atoms with E-state index in [1.807, 2.05) is 51.2 Å². The molecule has 1 amide bonds. The SMILES string of the molecule is COc1ccc2nc(-c3ccc(OC)c(NC(=O)C(C)(C)C)c3)cn2n1. The van der Waals surface area contributed by atoms with Gasteiger partial charge in [-0.25, -0.2) is 9.50 Å². The molecule has 0 bridgehead atoms. The van der Waals surface area contributed by atoms with Crippen molar-refractivity contribution < 1.29 is 14.3 Å². The molecule has 3 rings (SSSR count). The summed E-state index contributed by atoms with van der Waals surface area (Å²) in [6.07, 6.45) is 1.81. The van der Waals surface area contributed by atoms with E-state index in [-0.39, 0.29) is 5.91 Å². The number of methoxy groups -OCH3 is 2. The maximum Gasteiger partial charge on any atom is 0.231 e. The zero-order chi connectivity index (χ0) is 18.9. The number of hydrogen-bond donors (Lipinski definition) is 1. The lowest BCUT2D eigenvalue weighted by Crippen LogP contribution is -2.27. The molecule has 7 heteroatoms. The minimum atomic E-state index is -0.509. The van der Waals surface area contributed by atoms with E-state index in [4.69, 9.17) is 9.47 Å². The summed E-state index contributed by atoms with van der Waals surface area (Å²) in [6, 6.07) is 9.15. The number of benzene rings is 1. The van der Waals surface area contributed by atoms with Gasteiger partial charge in [-0.05, 0) is 24.3 Å². The molecule has 0 unspecified atom stereocenters. The highest BCUT2D eigenvalue weighted by Gasteiger charge is 2.22. The molecule has 0 saturated heterocycles. The molecule has 0 fully saturated rings. The summed E-state index contributed by atoms with van der Waals surface area (Å²) in [5.74, 6) is 1.01. The second-order valence-corrected chi connectivity index (χ2v) is 6.92. The average Bonchev–Trinajstić information content (AvgIpc) is 3.03. The lowest BCUT2D eigenvalue weighted by atomic mass is 9.95. The smallest absolute Gasteiger partial charge is 0.231 e. The quantitative estimate of drug-likeness (QED) is 0.777. The van der Waals surface area contributed by atoms with Crippen molar-refractivity contribution in [2.45, 2.75) is 20.8 Å². The third-order valence-electron chi connectivity index (χ3n) is 3.93. The van der Waals surface area contributed by atoms with Crippen LogP contribution >= 0.6 is 0 Å². The van der Waals surface area contributed by atoms with E-state index in [0.717, 1.165) is 11.3 Å². The fraction of sp³-hybridized carbons (Fsp3) is 0.316. The number of amides is 1. The number of nitrogens with one attached hydrogen (secondary N) is 1. The molecule has 0 aliphatic carbocycles. The van der Waals surface area contributed by atoms with Crippen LogP contribution in [-0.4, -0.2) is 34.7 Å². The van der Waals surface area contributed by atoms with Gasteiger partial charge in [-0.1, -0.05) is 20.8 Å². The van der Waals surface area contributed by atoms with Gasteiger partial charge in [0.1, 0.15) is 5.75 Å². The van der Waals surface area contributed by atoms with E-state index in [1.54, 1.807) is 24.8 Å². The molecule has 26 heavy (non-hydrogen) atoms. The van der Waals surface area contributed by atoms with Crippen LogP contribution in [0.1, 0.15) is 20.8 Å². The van der Waals surface area contributed by atoms with Gasteiger partial charge in [0.15, 0.2) is 5.65 Å².